The van der Waals surface area contributed by atoms with Crippen LogP contribution in [0.15, 0.2) is 36.5 Å². The van der Waals surface area contributed by atoms with E-state index < -0.39 is 29.4 Å². The molecule has 0 radical (unpaired) electrons. The van der Waals surface area contributed by atoms with Gasteiger partial charge in [-0.15, -0.1) is 13.2 Å². The number of anilines is 2. The van der Waals surface area contributed by atoms with Gasteiger partial charge in [-0.25, -0.2) is 9.37 Å². The van der Waals surface area contributed by atoms with Crippen molar-refractivity contribution in [3.8, 4) is 17.0 Å². The number of hydrogen-bond acceptors (Lipinski definition) is 7. The van der Waals surface area contributed by atoms with Crippen LogP contribution in [-0.2, 0) is 6.54 Å². The van der Waals surface area contributed by atoms with E-state index in [1.54, 1.807) is 13.0 Å². The lowest BCUT2D eigenvalue weighted by molar-refractivity contribution is -0.274. The minimum absolute atomic E-state index is 0.00255. The van der Waals surface area contributed by atoms with Crippen LogP contribution in [0.2, 0.25) is 0 Å². The SMILES string of the molecule is Cc1cc(N2Cc3c(ccnc3-c3c(F)cccc3OC(F)(F)F)C2=O)nc(N2CCC(N)C2)n1. The van der Waals surface area contributed by atoms with E-state index in [0.29, 0.717) is 30.5 Å². The Kier molecular flexibility index (Phi) is 5.55. The second-order valence-electron chi connectivity index (χ2n) is 8.40. The number of nitrogens with two attached hydrogens (primary N) is 1. The van der Waals surface area contributed by atoms with Crippen LogP contribution in [0.4, 0.5) is 29.3 Å². The number of benzene rings is 1. The van der Waals surface area contributed by atoms with Crippen molar-refractivity contribution in [2.24, 2.45) is 5.73 Å². The first-order valence-corrected chi connectivity index (χ1v) is 10.8. The zero-order chi connectivity index (χ0) is 24.9. The number of fused-ring (bicyclic) bond motifs is 1. The Morgan fingerprint density at radius 3 is 2.71 bits per heavy atom. The number of rotatable bonds is 4. The van der Waals surface area contributed by atoms with E-state index in [4.69, 9.17) is 5.73 Å². The zero-order valence-corrected chi connectivity index (χ0v) is 18.5. The zero-order valence-electron chi connectivity index (χ0n) is 18.5. The normalized spacial score (nSPS) is 17.8. The summed E-state index contributed by atoms with van der Waals surface area (Å²) in [5.41, 5.74) is 6.51. The van der Waals surface area contributed by atoms with Crippen molar-refractivity contribution in [2.75, 3.05) is 22.9 Å². The second kappa shape index (κ2) is 8.45. The molecule has 0 bridgehead atoms. The van der Waals surface area contributed by atoms with Crippen LogP contribution < -0.4 is 20.3 Å². The van der Waals surface area contributed by atoms with E-state index in [1.165, 1.54) is 17.2 Å². The molecule has 1 fully saturated rings. The molecule has 1 amide bonds. The lowest BCUT2D eigenvalue weighted by Gasteiger charge is -2.20. The van der Waals surface area contributed by atoms with Crippen molar-refractivity contribution in [1.29, 1.82) is 0 Å². The molecule has 2 aliphatic rings. The predicted molar refractivity (Wildman–Crippen MR) is 118 cm³/mol. The molecule has 8 nitrogen and oxygen atoms in total. The fourth-order valence-electron chi connectivity index (χ4n) is 4.36. The number of carbonyl (C=O) groups excluding carboxylic acids is 1. The van der Waals surface area contributed by atoms with Crippen molar-refractivity contribution in [1.82, 2.24) is 15.0 Å². The molecule has 1 saturated heterocycles. The summed E-state index contributed by atoms with van der Waals surface area (Å²) in [5, 5.41) is 0. The van der Waals surface area contributed by atoms with Gasteiger partial charge in [0.05, 0.1) is 17.8 Å². The summed E-state index contributed by atoms with van der Waals surface area (Å²) in [7, 11) is 0. The van der Waals surface area contributed by atoms with Gasteiger partial charge in [-0.3, -0.25) is 14.7 Å². The minimum Gasteiger partial charge on any atom is -0.405 e. The Bertz CT molecular complexity index is 1320. The number of ether oxygens (including phenoxy) is 1. The van der Waals surface area contributed by atoms with Gasteiger partial charge in [-0.05, 0) is 31.5 Å². The highest BCUT2D eigenvalue weighted by Gasteiger charge is 2.37. The van der Waals surface area contributed by atoms with Crippen LogP contribution >= 0.6 is 0 Å². The van der Waals surface area contributed by atoms with Crippen molar-refractivity contribution >= 4 is 17.7 Å². The summed E-state index contributed by atoms with van der Waals surface area (Å²) in [5.74, 6) is -1.37. The van der Waals surface area contributed by atoms with Crippen LogP contribution in [-0.4, -0.2) is 46.4 Å². The maximum absolute atomic E-state index is 14.8. The molecule has 182 valence electrons. The van der Waals surface area contributed by atoms with Crippen LogP contribution in [0.5, 0.6) is 5.75 Å². The molecule has 2 aliphatic heterocycles. The molecule has 2 aromatic heterocycles. The standard InChI is InChI=1S/C23H20F4N6O2/c1-12-9-18(31-22(30-12)32-8-6-13(28)10-32)33-11-15-14(21(33)34)5-7-29-20(15)19-16(24)3-2-4-17(19)35-23(25,26)27/h2-5,7,9,13H,6,8,10-11,28H2,1H3. The Morgan fingerprint density at radius 2 is 2.00 bits per heavy atom. The minimum atomic E-state index is -5.03. The van der Waals surface area contributed by atoms with E-state index in [2.05, 4.69) is 19.7 Å². The number of aromatic nitrogens is 3. The number of amides is 1. The Labute approximate surface area is 197 Å². The average molecular weight is 488 g/mol. The van der Waals surface area contributed by atoms with Gasteiger partial charge < -0.3 is 15.4 Å². The highest BCUT2D eigenvalue weighted by molar-refractivity contribution is 6.10. The number of hydrogen-bond donors (Lipinski definition) is 1. The van der Waals surface area contributed by atoms with E-state index in [0.717, 1.165) is 24.6 Å². The first kappa shape index (κ1) is 23.0. The monoisotopic (exact) mass is 488 g/mol. The van der Waals surface area contributed by atoms with Gasteiger partial charge in [-0.2, -0.15) is 4.98 Å². The van der Waals surface area contributed by atoms with Crippen LogP contribution in [0.1, 0.15) is 28.0 Å². The van der Waals surface area contributed by atoms with Crippen molar-refractivity contribution in [3.63, 3.8) is 0 Å². The fraction of sp³-hybridized carbons (Fsp3) is 0.304. The molecular formula is C23H20F4N6O2. The third kappa shape index (κ3) is 4.36. The lowest BCUT2D eigenvalue weighted by atomic mass is 10.0. The average Bonchev–Trinajstić information content (AvgIpc) is 3.36. The predicted octanol–water partition coefficient (Wildman–Crippen LogP) is 3.58. The molecule has 0 spiro atoms. The molecule has 1 atom stereocenters. The van der Waals surface area contributed by atoms with Gasteiger partial charge in [0.1, 0.15) is 17.4 Å². The van der Waals surface area contributed by atoms with Crippen molar-refractivity contribution in [2.45, 2.75) is 32.3 Å². The molecule has 4 heterocycles. The lowest BCUT2D eigenvalue weighted by Crippen LogP contribution is -2.29. The summed E-state index contributed by atoms with van der Waals surface area (Å²) in [4.78, 5) is 29.7. The third-order valence-corrected chi connectivity index (χ3v) is 5.90. The number of carbonyl (C=O) groups is 1. The number of nitrogens with zero attached hydrogens (tertiary/aromatic N) is 5. The van der Waals surface area contributed by atoms with Crippen LogP contribution in [0.3, 0.4) is 0 Å². The van der Waals surface area contributed by atoms with Gasteiger partial charge in [-0.1, -0.05) is 6.07 Å². The topological polar surface area (TPSA) is 97.5 Å². The van der Waals surface area contributed by atoms with Crippen molar-refractivity contribution < 1.29 is 27.1 Å². The smallest absolute Gasteiger partial charge is 0.405 e. The van der Waals surface area contributed by atoms with Gasteiger partial charge in [0.15, 0.2) is 0 Å². The molecule has 1 aromatic carbocycles. The highest BCUT2D eigenvalue weighted by Crippen LogP contribution is 2.40. The van der Waals surface area contributed by atoms with Gasteiger partial charge in [0, 0.05) is 48.2 Å². The van der Waals surface area contributed by atoms with Gasteiger partial charge in [0.25, 0.3) is 5.91 Å². The number of alkyl halides is 3. The Hall–Kier alpha value is -3.80. The first-order chi connectivity index (χ1) is 16.6. The van der Waals surface area contributed by atoms with Gasteiger partial charge in [0.2, 0.25) is 5.95 Å². The maximum atomic E-state index is 14.8. The van der Waals surface area contributed by atoms with E-state index in [9.17, 15) is 22.4 Å². The molecule has 5 rings (SSSR count). The number of pyridine rings is 1. The fourth-order valence-corrected chi connectivity index (χ4v) is 4.36. The largest absolute Gasteiger partial charge is 0.573 e. The van der Waals surface area contributed by atoms with E-state index >= 15 is 0 Å². The number of halogens is 4. The molecular weight excluding hydrogens is 468 g/mol. The molecule has 2 N–H and O–H groups in total. The highest BCUT2D eigenvalue weighted by atomic mass is 19.4. The summed E-state index contributed by atoms with van der Waals surface area (Å²) in [6, 6.07) is 6.20. The Balaban J connectivity index is 1.55. The first-order valence-electron chi connectivity index (χ1n) is 10.8. The molecule has 12 heteroatoms. The summed E-state index contributed by atoms with van der Waals surface area (Å²) in [6.45, 7) is 2.97. The quantitative estimate of drug-likeness (QED) is 0.561. The van der Waals surface area contributed by atoms with Crippen molar-refractivity contribution in [3.05, 3.63) is 59.2 Å². The molecule has 0 aliphatic carbocycles. The van der Waals surface area contributed by atoms with E-state index in [-0.39, 0.29) is 29.4 Å². The van der Waals surface area contributed by atoms with Gasteiger partial charge >= 0.3 is 6.36 Å². The van der Waals surface area contributed by atoms with E-state index in [1.807, 2.05) is 4.90 Å². The third-order valence-electron chi connectivity index (χ3n) is 5.90. The summed E-state index contributed by atoms with van der Waals surface area (Å²) in [6.07, 6.45) is -2.99. The van der Waals surface area contributed by atoms with Crippen LogP contribution in [0, 0.1) is 12.7 Å². The second-order valence-corrected chi connectivity index (χ2v) is 8.40. The maximum Gasteiger partial charge on any atom is 0.573 e. The molecule has 0 saturated carbocycles. The molecule has 1 unspecified atom stereocenters. The summed E-state index contributed by atoms with van der Waals surface area (Å²) < 4.78 is 57.7. The Morgan fingerprint density at radius 1 is 1.20 bits per heavy atom. The summed E-state index contributed by atoms with van der Waals surface area (Å²) >= 11 is 0. The number of aryl methyl sites for hydroxylation is 1. The van der Waals surface area contributed by atoms with Crippen LogP contribution in [0.25, 0.3) is 11.3 Å². The molecule has 35 heavy (non-hydrogen) atoms. The molecule has 3 aromatic rings.